The Labute approximate surface area is 128 Å². The van der Waals surface area contributed by atoms with Crippen LogP contribution in [0.4, 0.5) is 4.39 Å². The summed E-state index contributed by atoms with van der Waals surface area (Å²) in [7, 11) is 0. The van der Waals surface area contributed by atoms with Gasteiger partial charge in [0, 0.05) is 17.4 Å². The highest BCUT2D eigenvalue weighted by Gasteiger charge is 2.24. The number of benzene rings is 1. The van der Waals surface area contributed by atoms with Crippen molar-refractivity contribution in [3.63, 3.8) is 0 Å². The van der Waals surface area contributed by atoms with Gasteiger partial charge in [0.2, 0.25) is 0 Å². The molecule has 2 atom stereocenters. The number of hydrogen-bond acceptors (Lipinski definition) is 1. The summed E-state index contributed by atoms with van der Waals surface area (Å²) in [4.78, 5) is 12.2. The maximum Gasteiger partial charge on any atom is 0.251 e. The smallest absolute Gasteiger partial charge is 0.251 e. The van der Waals surface area contributed by atoms with Gasteiger partial charge in [-0.2, -0.15) is 0 Å². The van der Waals surface area contributed by atoms with Gasteiger partial charge in [0.1, 0.15) is 5.82 Å². The minimum absolute atomic E-state index is 0.0959. The summed E-state index contributed by atoms with van der Waals surface area (Å²) in [5.74, 6) is 0.804. The second-order valence-electron chi connectivity index (χ2n) is 5.63. The molecule has 0 aromatic heterocycles. The molecule has 0 aliphatic heterocycles. The third kappa shape index (κ3) is 3.81. The Morgan fingerprint density at radius 3 is 2.70 bits per heavy atom. The van der Waals surface area contributed by atoms with Crippen LogP contribution in [0.15, 0.2) is 18.2 Å². The molecule has 0 heterocycles. The molecule has 0 saturated heterocycles. The Kier molecular flexibility index (Phi) is 5.58. The lowest BCUT2D eigenvalue weighted by Crippen LogP contribution is -2.35. The van der Waals surface area contributed by atoms with Crippen LogP contribution in [0.25, 0.3) is 0 Å². The summed E-state index contributed by atoms with van der Waals surface area (Å²) in [6, 6.07) is 4.30. The molecule has 1 fully saturated rings. The Morgan fingerprint density at radius 2 is 2.05 bits per heavy atom. The molecule has 1 N–H and O–H groups in total. The Balaban J connectivity index is 1.94. The van der Waals surface area contributed by atoms with Crippen molar-refractivity contribution in [2.75, 3.05) is 11.9 Å². The first kappa shape index (κ1) is 15.5. The molecule has 0 bridgehead atoms. The minimum Gasteiger partial charge on any atom is -0.352 e. The lowest BCUT2D eigenvalue weighted by Gasteiger charge is -2.30. The van der Waals surface area contributed by atoms with E-state index in [9.17, 15) is 9.18 Å². The number of alkyl halides is 1. The van der Waals surface area contributed by atoms with E-state index in [1.54, 1.807) is 13.0 Å². The number of amides is 1. The third-order valence-corrected chi connectivity index (χ3v) is 5.05. The van der Waals surface area contributed by atoms with E-state index in [-0.39, 0.29) is 11.7 Å². The number of aryl methyl sites for hydroxylation is 1. The summed E-state index contributed by atoms with van der Waals surface area (Å²) < 4.78 is 13.0. The maximum atomic E-state index is 13.0. The molecular formula is C16H21BrFNO. The van der Waals surface area contributed by atoms with Crippen LogP contribution in [0, 0.1) is 24.6 Å². The summed E-state index contributed by atoms with van der Waals surface area (Å²) in [5.41, 5.74) is 1.25. The summed E-state index contributed by atoms with van der Waals surface area (Å²) in [6.07, 6.45) is 4.96. The zero-order chi connectivity index (χ0) is 14.5. The fourth-order valence-corrected chi connectivity index (χ4v) is 3.81. The van der Waals surface area contributed by atoms with Gasteiger partial charge in [-0.05, 0) is 55.4 Å². The zero-order valence-electron chi connectivity index (χ0n) is 11.8. The number of halogens is 2. The first-order valence-corrected chi connectivity index (χ1v) is 8.34. The lowest BCUT2D eigenvalue weighted by molar-refractivity contribution is 0.0936. The van der Waals surface area contributed by atoms with Crippen LogP contribution in [0.3, 0.4) is 0 Å². The highest BCUT2D eigenvalue weighted by molar-refractivity contribution is 9.09. The van der Waals surface area contributed by atoms with Gasteiger partial charge in [-0.3, -0.25) is 4.79 Å². The Morgan fingerprint density at radius 1 is 1.35 bits per heavy atom. The average Bonchev–Trinajstić information content (AvgIpc) is 2.45. The highest BCUT2D eigenvalue weighted by Crippen LogP contribution is 2.30. The van der Waals surface area contributed by atoms with Gasteiger partial charge in [-0.15, -0.1) is 0 Å². The highest BCUT2D eigenvalue weighted by atomic mass is 79.9. The largest absolute Gasteiger partial charge is 0.352 e. The normalized spacial score (nSPS) is 22.6. The average molecular weight is 342 g/mol. The number of nitrogens with one attached hydrogen (secondary N) is 1. The predicted octanol–water partition coefficient (Wildman–Crippen LogP) is 4.07. The number of carbonyl (C=O) groups excluding carboxylic acids is 1. The van der Waals surface area contributed by atoms with Crippen molar-refractivity contribution in [2.24, 2.45) is 11.8 Å². The van der Waals surface area contributed by atoms with Crippen molar-refractivity contribution in [1.29, 1.82) is 0 Å². The molecule has 0 radical (unpaired) electrons. The number of carbonyl (C=O) groups is 1. The molecule has 1 aromatic rings. The summed E-state index contributed by atoms with van der Waals surface area (Å²) >= 11 is 3.57. The topological polar surface area (TPSA) is 29.1 Å². The molecule has 1 aromatic carbocycles. The van der Waals surface area contributed by atoms with Crippen LogP contribution in [-0.2, 0) is 0 Å². The van der Waals surface area contributed by atoms with Crippen molar-refractivity contribution >= 4 is 21.8 Å². The molecule has 110 valence electrons. The van der Waals surface area contributed by atoms with Crippen LogP contribution in [0.2, 0.25) is 0 Å². The van der Waals surface area contributed by atoms with Crippen LogP contribution in [-0.4, -0.2) is 17.8 Å². The SMILES string of the molecule is Cc1cc(F)ccc1C(=O)NCC1CCCCC1CBr. The van der Waals surface area contributed by atoms with E-state index < -0.39 is 0 Å². The van der Waals surface area contributed by atoms with Gasteiger partial charge in [0.05, 0.1) is 0 Å². The molecule has 4 heteroatoms. The monoisotopic (exact) mass is 341 g/mol. The fourth-order valence-electron chi connectivity index (χ4n) is 2.96. The van der Waals surface area contributed by atoms with E-state index in [2.05, 4.69) is 21.2 Å². The van der Waals surface area contributed by atoms with E-state index in [0.29, 0.717) is 29.5 Å². The molecule has 1 saturated carbocycles. The van der Waals surface area contributed by atoms with Crippen LogP contribution in [0.5, 0.6) is 0 Å². The van der Waals surface area contributed by atoms with Gasteiger partial charge in [0.25, 0.3) is 5.91 Å². The van der Waals surface area contributed by atoms with E-state index in [1.807, 2.05) is 0 Å². The maximum absolute atomic E-state index is 13.0. The third-order valence-electron chi connectivity index (χ3n) is 4.22. The summed E-state index contributed by atoms with van der Waals surface area (Å²) in [5, 5.41) is 4.01. The zero-order valence-corrected chi connectivity index (χ0v) is 13.4. The van der Waals surface area contributed by atoms with Crippen molar-refractivity contribution < 1.29 is 9.18 Å². The van der Waals surface area contributed by atoms with E-state index in [1.165, 1.54) is 37.8 Å². The molecular weight excluding hydrogens is 321 g/mol. The first-order valence-electron chi connectivity index (χ1n) is 7.22. The van der Waals surface area contributed by atoms with Crippen molar-refractivity contribution in [1.82, 2.24) is 5.32 Å². The van der Waals surface area contributed by atoms with Crippen molar-refractivity contribution in [3.8, 4) is 0 Å². The first-order chi connectivity index (χ1) is 9.61. The fraction of sp³-hybridized carbons (Fsp3) is 0.562. The Hall–Kier alpha value is -0.900. The predicted molar refractivity (Wildman–Crippen MR) is 82.7 cm³/mol. The molecule has 20 heavy (non-hydrogen) atoms. The molecule has 2 unspecified atom stereocenters. The second-order valence-corrected chi connectivity index (χ2v) is 6.28. The molecule has 1 amide bonds. The van der Waals surface area contributed by atoms with E-state index in [0.717, 1.165) is 5.33 Å². The van der Waals surface area contributed by atoms with Crippen LogP contribution in [0.1, 0.15) is 41.6 Å². The van der Waals surface area contributed by atoms with Crippen LogP contribution >= 0.6 is 15.9 Å². The lowest BCUT2D eigenvalue weighted by atomic mass is 9.80. The minimum atomic E-state index is -0.300. The molecule has 1 aliphatic carbocycles. The van der Waals surface area contributed by atoms with Gasteiger partial charge < -0.3 is 5.32 Å². The number of hydrogen-bond donors (Lipinski definition) is 1. The van der Waals surface area contributed by atoms with Gasteiger partial charge in [-0.25, -0.2) is 4.39 Å². The quantitative estimate of drug-likeness (QED) is 0.822. The summed E-state index contributed by atoms with van der Waals surface area (Å²) in [6.45, 7) is 2.48. The van der Waals surface area contributed by atoms with Crippen molar-refractivity contribution in [2.45, 2.75) is 32.6 Å². The molecule has 2 rings (SSSR count). The second kappa shape index (κ2) is 7.21. The number of rotatable bonds is 4. The van der Waals surface area contributed by atoms with Gasteiger partial charge in [-0.1, -0.05) is 28.8 Å². The van der Waals surface area contributed by atoms with Crippen molar-refractivity contribution in [3.05, 3.63) is 35.1 Å². The van der Waals surface area contributed by atoms with Gasteiger partial charge in [0.15, 0.2) is 0 Å². The van der Waals surface area contributed by atoms with Crippen LogP contribution < -0.4 is 5.32 Å². The molecule has 1 aliphatic rings. The van der Waals surface area contributed by atoms with Gasteiger partial charge >= 0.3 is 0 Å². The standard InChI is InChI=1S/C16H21BrFNO/c1-11-8-14(18)6-7-15(11)16(20)19-10-13-5-3-2-4-12(13)9-17/h6-8,12-13H,2-5,9-10H2,1H3,(H,19,20). The van der Waals surface area contributed by atoms with E-state index in [4.69, 9.17) is 0 Å². The molecule has 0 spiro atoms. The Bertz CT molecular complexity index is 478. The molecule has 2 nitrogen and oxygen atoms in total. The van der Waals surface area contributed by atoms with E-state index >= 15 is 0 Å².